The Morgan fingerprint density at radius 2 is 1.78 bits per heavy atom. The number of carbonyl (C=O) groups excluding carboxylic acids is 1. The van der Waals surface area contributed by atoms with Crippen LogP contribution in [0.4, 0.5) is 11.4 Å². The molecule has 2 aliphatic rings. The van der Waals surface area contributed by atoms with E-state index in [1.54, 1.807) is 41.1 Å². The maximum Gasteiger partial charge on any atom is 0.211 e. The number of hydrazone groups is 1. The van der Waals surface area contributed by atoms with Crippen LogP contribution < -0.4 is 15.5 Å². The highest BCUT2D eigenvalue weighted by molar-refractivity contribution is 8.00. The molecule has 2 aliphatic heterocycles. The molecular weight excluding hydrogens is 448 g/mol. The van der Waals surface area contributed by atoms with E-state index in [1.807, 2.05) is 24.3 Å². The van der Waals surface area contributed by atoms with Crippen LogP contribution in [0, 0.1) is 5.41 Å². The maximum absolute atomic E-state index is 10.8. The van der Waals surface area contributed by atoms with Gasteiger partial charge < -0.3 is 14.6 Å². The highest BCUT2D eigenvalue weighted by Crippen LogP contribution is 2.40. The molecule has 9 nitrogen and oxygen atoms in total. The first-order valence-electron chi connectivity index (χ1n) is 9.90. The van der Waals surface area contributed by atoms with E-state index in [0.29, 0.717) is 17.9 Å². The molecule has 2 heterocycles. The minimum atomic E-state index is -2.36. The third-order valence-electron chi connectivity index (χ3n) is 4.96. The fourth-order valence-electron chi connectivity index (χ4n) is 3.45. The van der Waals surface area contributed by atoms with Crippen molar-refractivity contribution in [3.05, 3.63) is 54.1 Å². The van der Waals surface area contributed by atoms with Gasteiger partial charge in [0, 0.05) is 38.5 Å². The molecule has 3 N–H and O–H groups in total. The molecule has 0 fully saturated rings. The molecule has 0 saturated heterocycles. The number of fused-ring (bicyclic) bond motifs is 1. The average Bonchev–Trinajstić information content (AvgIpc) is 3.29. The summed E-state index contributed by atoms with van der Waals surface area (Å²) in [5, 5.41) is 9.25. The lowest BCUT2D eigenvalue weighted by Crippen LogP contribution is -2.38. The van der Waals surface area contributed by atoms with Gasteiger partial charge in [-0.3, -0.25) is 14.4 Å². The molecule has 0 bridgehead atoms. The Bertz CT molecular complexity index is 1080. The Kier molecular flexibility index (Phi) is 6.22. The Balaban J connectivity index is 1.57. The normalized spacial score (nSPS) is 20.7. The number of aliphatic imine (C=N–C) groups is 1. The van der Waals surface area contributed by atoms with Gasteiger partial charge in [0.05, 0.1) is 11.0 Å². The van der Waals surface area contributed by atoms with Gasteiger partial charge in [-0.2, -0.15) is 10.2 Å². The van der Waals surface area contributed by atoms with Gasteiger partial charge in [0.2, 0.25) is 6.41 Å². The molecule has 2 aromatic rings. The van der Waals surface area contributed by atoms with E-state index in [-0.39, 0.29) is 16.8 Å². The molecule has 0 saturated carbocycles. The number of amidine groups is 1. The highest BCUT2D eigenvalue weighted by Gasteiger charge is 2.46. The highest BCUT2D eigenvalue weighted by atomic mass is 32.2. The summed E-state index contributed by atoms with van der Waals surface area (Å²) in [6.45, 7) is 6.40. The Hall–Kier alpha value is -2.89. The number of rotatable bonds is 7. The van der Waals surface area contributed by atoms with Crippen molar-refractivity contribution in [1.29, 1.82) is 0 Å². The summed E-state index contributed by atoms with van der Waals surface area (Å²) in [6, 6.07) is 14.6. The lowest BCUT2D eigenvalue weighted by atomic mass is 9.88. The number of carbonyl (C=O) groups is 1. The van der Waals surface area contributed by atoms with Gasteiger partial charge >= 0.3 is 0 Å². The number of hydrogen-bond donors (Lipinski definition) is 3. The number of nitrogens with one attached hydrogen (secondary N) is 3. The Morgan fingerprint density at radius 1 is 1.12 bits per heavy atom. The Labute approximate surface area is 193 Å². The van der Waals surface area contributed by atoms with Crippen molar-refractivity contribution in [3.8, 4) is 0 Å². The average molecular weight is 472 g/mol. The summed E-state index contributed by atoms with van der Waals surface area (Å²) in [5.74, 6) is 0.678. The first-order valence-corrected chi connectivity index (χ1v) is 11.9. The zero-order valence-corrected chi connectivity index (χ0v) is 19.4. The van der Waals surface area contributed by atoms with E-state index >= 15 is 0 Å². The van der Waals surface area contributed by atoms with E-state index in [0.717, 1.165) is 21.9 Å². The van der Waals surface area contributed by atoms with Gasteiger partial charge in [0.1, 0.15) is 0 Å². The number of hydrazine groups is 1. The number of anilines is 2. The lowest BCUT2D eigenvalue weighted by molar-refractivity contribution is -0.105. The molecule has 2 aromatic carbocycles. The first-order chi connectivity index (χ1) is 15.2. The lowest BCUT2D eigenvalue weighted by Gasteiger charge is -2.24. The van der Waals surface area contributed by atoms with Crippen LogP contribution in [0.5, 0.6) is 0 Å². The van der Waals surface area contributed by atoms with Crippen molar-refractivity contribution in [1.82, 2.24) is 10.5 Å². The molecule has 3 unspecified atom stereocenters. The van der Waals surface area contributed by atoms with Crippen LogP contribution in [0.15, 0.2) is 63.5 Å². The summed E-state index contributed by atoms with van der Waals surface area (Å²) < 4.78 is 23.9. The zero-order valence-electron chi connectivity index (χ0n) is 17.7. The van der Waals surface area contributed by atoms with Crippen molar-refractivity contribution >= 4 is 52.4 Å². The summed E-state index contributed by atoms with van der Waals surface area (Å²) in [4.78, 5) is 16.6. The quantitative estimate of drug-likeness (QED) is 0.422. The maximum atomic E-state index is 10.8. The first kappa shape index (κ1) is 22.3. The third-order valence-corrected chi connectivity index (χ3v) is 6.63. The van der Waals surface area contributed by atoms with Gasteiger partial charge in [-0.1, -0.05) is 20.8 Å². The van der Waals surface area contributed by atoms with E-state index in [1.165, 1.54) is 0 Å². The van der Waals surface area contributed by atoms with Crippen molar-refractivity contribution in [2.45, 2.75) is 37.1 Å². The van der Waals surface area contributed by atoms with Crippen LogP contribution in [-0.4, -0.2) is 43.3 Å². The van der Waals surface area contributed by atoms with Crippen molar-refractivity contribution in [2.24, 2.45) is 15.5 Å². The van der Waals surface area contributed by atoms with Crippen LogP contribution >= 0.6 is 11.8 Å². The van der Waals surface area contributed by atoms with Crippen LogP contribution in [0.1, 0.15) is 26.3 Å². The second-order valence-corrected chi connectivity index (χ2v) is 10.2. The predicted molar refractivity (Wildman–Crippen MR) is 127 cm³/mol. The fourth-order valence-corrected chi connectivity index (χ4v) is 5.18. The second kappa shape index (κ2) is 8.93. The van der Waals surface area contributed by atoms with Crippen molar-refractivity contribution in [3.63, 3.8) is 0 Å². The topological polar surface area (TPSA) is 121 Å². The molecule has 4 rings (SSSR count). The second-order valence-electron chi connectivity index (χ2n) is 8.32. The van der Waals surface area contributed by atoms with E-state index in [9.17, 15) is 13.6 Å². The number of hydrogen-bond acceptors (Lipinski definition) is 8. The molecule has 168 valence electrons. The standard InChI is InChI=1S/C21H24N6O3S2/c1-21(2,3)18-17(31-16-10-8-14(9-11-16)22-12-28)20-23-19(25-27(20)24-18)13-4-6-15(7-5-13)26-32(29)30/h4-12,17,20,26H,1-3H3,(H,22,28)(H,23,25)(H,29,30)/p-1. The van der Waals surface area contributed by atoms with Gasteiger partial charge in [-0.05, 0) is 48.5 Å². The smallest absolute Gasteiger partial charge is 0.211 e. The number of benzene rings is 2. The molecule has 11 heteroatoms. The largest absolute Gasteiger partial charge is 0.755 e. The van der Waals surface area contributed by atoms with E-state index < -0.39 is 11.3 Å². The van der Waals surface area contributed by atoms with Crippen LogP contribution in [-0.2, 0) is 16.1 Å². The fraction of sp³-hybridized carbons (Fsp3) is 0.286. The minimum absolute atomic E-state index is 0.00583. The van der Waals surface area contributed by atoms with Gasteiger partial charge in [0.15, 0.2) is 12.0 Å². The predicted octanol–water partition coefficient (Wildman–Crippen LogP) is 2.93. The van der Waals surface area contributed by atoms with Crippen LogP contribution in [0.2, 0.25) is 0 Å². The van der Waals surface area contributed by atoms with Crippen molar-refractivity contribution < 1.29 is 13.6 Å². The van der Waals surface area contributed by atoms with Gasteiger partial charge in [-0.15, -0.1) is 11.8 Å². The van der Waals surface area contributed by atoms with Crippen LogP contribution in [0.3, 0.4) is 0 Å². The number of nitrogens with zero attached hydrogens (tertiary/aromatic N) is 3. The molecule has 0 aliphatic carbocycles. The van der Waals surface area contributed by atoms with Gasteiger partial charge in [-0.25, -0.2) is 4.99 Å². The Morgan fingerprint density at radius 3 is 2.38 bits per heavy atom. The molecule has 0 spiro atoms. The summed E-state index contributed by atoms with van der Waals surface area (Å²) >= 11 is -0.683. The number of thioether (sulfide) groups is 1. The molecule has 0 aromatic heterocycles. The monoisotopic (exact) mass is 471 g/mol. The molecule has 32 heavy (non-hydrogen) atoms. The zero-order chi connectivity index (χ0) is 22.9. The number of amides is 1. The molecule has 0 radical (unpaired) electrons. The van der Waals surface area contributed by atoms with E-state index in [2.05, 4.69) is 36.2 Å². The molecule has 3 atom stereocenters. The minimum Gasteiger partial charge on any atom is -0.755 e. The van der Waals surface area contributed by atoms with E-state index in [4.69, 9.17) is 10.1 Å². The third kappa shape index (κ3) is 4.79. The summed E-state index contributed by atoms with van der Waals surface area (Å²) in [6.07, 6.45) is 0.439. The molecule has 1 amide bonds. The summed E-state index contributed by atoms with van der Waals surface area (Å²) in [5.41, 5.74) is 6.22. The SMILES string of the molecule is CC(C)(C)C1=NN2NC(c3ccc(NS(=O)[O-])cc3)=NC2C1Sc1ccc(NC=O)cc1. The summed E-state index contributed by atoms with van der Waals surface area (Å²) in [7, 11) is 0. The molecular formula is C21H23N6O3S2-. The van der Waals surface area contributed by atoms with Crippen LogP contribution in [0.25, 0.3) is 0 Å². The van der Waals surface area contributed by atoms with Crippen molar-refractivity contribution in [2.75, 3.05) is 10.0 Å². The van der Waals surface area contributed by atoms with Gasteiger partial charge in [0.25, 0.3) is 0 Å².